The zero-order chi connectivity index (χ0) is 9.22. The predicted octanol–water partition coefficient (Wildman–Crippen LogP) is 1.07. The first-order valence-corrected chi connectivity index (χ1v) is 5.55. The number of ether oxygens (including phenoxy) is 1. The normalized spacial score (nSPS) is 56.1. The van der Waals surface area contributed by atoms with Crippen LogP contribution >= 0.6 is 16.3 Å². The van der Waals surface area contributed by atoms with Crippen LogP contribution in [-0.2, 0) is 8.57 Å². The molecule has 4 fully saturated rings. The third-order valence-electron chi connectivity index (χ3n) is 4.25. The molecule has 0 spiro atoms. The first-order chi connectivity index (χ1) is 6.14. The van der Waals surface area contributed by atoms with E-state index in [2.05, 4.69) is 30.4 Å². The second kappa shape index (κ2) is 2.48. The first-order valence-electron chi connectivity index (χ1n) is 4.91. The lowest BCUT2D eigenvalue weighted by Gasteiger charge is -2.41. The summed E-state index contributed by atoms with van der Waals surface area (Å²) in [7, 11) is 4.61. The van der Waals surface area contributed by atoms with Crippen molar-refractivity contribution in [3.05, 3.63) is 0 Å². The maximum absolute atomic E-state index is 5.92. The summed E-state index contributed by atoms with van der Waals surface area (Å²) in [5.74, 6) is 0. The topological polar surface area (TPSA) is 18.5 Å². The van der Waals surface area contributed by atoms with Crippen molar-refractivity contribution in [2.45, 2.75) is 43.2 Å². The van der Waals surface area contributed by atoms with E-state index in [1.807, 2.05) is 0 Å². The van der Waals surface area contributed by atoms with Gasteiger partial charge in [-0.1, -0.05) is 0 Å². The summed E-state index contributed by atoms with van der Waals surface area (Å²) in [5, 5.41) is 0. The number of piperidine rings is 1. The molecule has 4 heterocycles. The molecular formula is C9H15BrNO2+. The summed E-state index contributed by atoms with van der Waals surface area (Å²) >= 11 is 3.14. The van der Waals surface area contributed by atoms with Crippen LogP contribution in [0.1, 0.15) is 12.8 Å². The number of quaternary nitrogens is 1. The van der Waals surface area contributed by atoms with Gasteiger partial charge in [0.05, 0.1) is 36.5 Å². The summed E-state index contributed by atoms with van der Waals surface area (Å²) in [6.45, 7) is 0. The molecule has 0 saturated carbocycles. The zero-order valence-electron chi connectivity index (χ0n) is 7.94. The molecule has 4 heteroatoms. The van der Waals surface area contributed by atoms with Crippen molar-refractivity contribution in [3.8, 4) is 0 Å². The third-order valence-corrected chi connectivity index (χ3v) is 4.68. The molecule has 0 aromatic rings. The van der Waals surface area contributed by atoms with Gasteiger partial charge in [-0.2, -0.15) is 0 Å². The maximum atomic E-state index is 5.92. The second-order valence-corrected chi connectivity index (χ2v) is 5.39. The van der Waals surface area contributed by atoms with E-state index in [1.165, 1.54) is 6.42 Å². The quantitative estimate of drug-likeness (QED) is 0.647. The van der Waals surface area contributed by atoms with Crippen molar-refractivity contribution >= 4 is 16.3 Å². The standard InChI is InChI=1S/C9H15BrNO2/c1-11(2)6-3-5-4-7(11)9(13-10)8(6)12-5/h5-9H,3-4H2,1-2H3/q+1/t5?,6-,7+,8?,9?/m1/s1. The van der Waals surface area contributed by atoms with E-state index in [9.17, 15) is 0 Å². The Kier molecular flexibility index (Phi) is 1.65. The summed E-state index contributed by atoms with van der Waals surface area (Å²) in [5.41, 5.74) is 0. The molecule has 0 amide bonds. The van der Waals surface area contributed by atoms with Crippen molar-refractivity contribution < 1.29 is 13.0 Å². The largest absolute Gasteiger partial charge is 0.365 e. The fraction of sp³-hybridized carbons (Fsp3) is 1.00. The average Bonchev–Trinajstić information content (AvgIpc) is 2.48. The van der Waals surface area contributed by atoms with Gasteiger partial charge in [0.1, 0.15) is 18.2 Å². The molecule has 4 rings (SSSR count). The monoisotopic (exact) mass is 248 g/mol. The molecule has 4 aliphatic rings. The van der Waals surface area contributed by atoms with Gasteiger partial charge in [-0.15, -0.1) is 0 Å². The SMILES string of the molecule is C[N+]1(C)[C@@H]2CC3C[C@H]1C(OBr)C2O3. The summed E-state index contributed by atoms with van der Waals surface area (Å²) in [4.78, 5) is 0. The molecule has 13 heavy (non-hydrogen) atoms. The molecule has 0 aromatic carbocycles. The molecule has 4 aliphatic heterocycles. The van der Waals surface area contributed by atoms with Crippen molar-refractivity contribution in [1.29, 1.82) is 0 Å². The minimum absolute atomic E-state index is 0.263. The van der Waals surface area contributed by atoms with Crippen LogP contribution in [0.5, 0.6) is 0 Å². The van der Waals surface area contributed by atoms with Gasteiger partial charge in [0, 0.05) is 12.8 Å². The van der Waals surface area contributed by atoms with Gasteiger partial charge in [0.25, 0.3) is 0 Å². The van der Waals surface area contributed by atoms with Crippen LogP contribution in [0.3, 0.4) is 0 Å². The highest BCUT2D eigenvalue weighted by atomic mass is 79.9. The number of likely N-dealkylation sites (N-methyl/N-ethyl adjacent to an activating group) is 1. The molecule has 0 aromatic heterocycles. The van der Waals surface area contributed by atoms with Gasteiger partial charge in [0.15, 0.2) is 6.10 Å². The minimum Gasteiger partial charge on any atom is -0.365 e. The Labute approximate surface area is 87.0 Å². The predicted molar refractivity (Wildman–Crippen MR) is 51.4 cm³/mol. The Bertz CT molecular complexity index is 246. The van der Waals surface area contributed by atoms with E-state index in [0.29, 0.717) is 24.3 Å². The van der Waals surface area contributed by atoms with E-state index in [4.69, 9.17) is 8.57 Å². The second-order valence-electron chi connectivity index (χ2n) is 5.01. The number of hydrogen-bond acceptors (Lipinski definition) is 2. The number of rotatable bonds is 1. The smallest absolute Gasteiger partial charge is 0.156 e. The number of hydrogen-bond donors (Lipinski definition) is 0. The van der Waals surface area contributed by atoms with Crippen LogP contribution in [-0.4, -0.2) is 49.0 Å². The Balaban J connectivity index is 2.00. The van der Waals surface area contributed by atoms with Crippen molar-refractivity contribution in [2.24, 2.45) is 0 Å². The van der Waals surface area contributed by atoms with E-state index in [-0.39, 0.29) is 6.10 Å². The van der Waals surface area contributed by atoms with Crippen molar-refractivity contribution in [2.75, 3.05) is 14.1 Å². The lowest BCUT2D eigenvalue weighted by atomic mass is 9.98. The van der Waals surface area contributed by atoms with Gasteiger partial charge < -0.3 is 9.22 Å². The van der Waals surface area contributed by atoms with E-state index in [0.717, 1.165) is 10.9 Å². The average molecular weight is 249 g/mol. The summed E-state index contributed by atoms with van der Waals surface area (Å²) in [6.07, 6.45) is 3.50. The van der Waals surface area contributed by atoms with Crippen LogP contribution in [0.2, 0.25) is 0 Å². The van der Waals surface area contributed by atoms with Crippen LogP contribution in [0.4, 0.5) is 0 Å². The molecular weight excluding hydrogens is 234 g/mol. The molecule has 0 aliphatic carbocycles. The fourth-order valence-electron chi connectivity index (χ4n) is 3.50. The molecule has 0 radical (unpaired) electrons. The molecule has 3 unspecified atom stereocenters. The van der Waals surface area contributed by atoms with Gasteiger partial charge in [-0.3, -0.25) is 3.83 Å². The highest BCUT2D eigenvalue weighted by molar-refractivity contribution is 9.06. The first kappa shape index (κ1) is 8.65. The molecule has 5 atom stereocenters. The Hall–Kier alpha value is 0.360. The van der Waals surface area contributed by atoms with Crippen LogP contribution in [0.15, 0.2) is 0 Å². The maximum Gasteiger partial charge on any atom is 0.156 e. The molecule has 3 nitrogen and oxygen atoms in total. The third kappa shape index (κ3) is 0.902. The van der Waals surface area contributed by atoms with Gasteiger partial charge >= 0.3 is 0 Å². The lowest BCUT2D eigenvalue weighted by Crippen LogP contribution is -2.56. The molecule has 4 saturated heterocycles. The molecule has 4 bridgehead atoms. The van der Waals surface area contributed by atoms with E-state index >= 15 is 0 Å². The number of halogens is 1. The highest BCUT2D eigenvalue weighted by Gasteiger charge is 2.67. The van der Waals surface area contributed by atoms with Crippen LogP contribution in [0.25, 0.3) is 0 Å². The van der Waals surface area contributed by atoms with Crippen molar-refractivity contribution in [1.82, 2.24) is 0 Å². The molecule has 0 N–H and O–H groups in total. The summed E-state index contributed by atoms with van der Waals surface area (Å²) in [6, 6.07) is 1.29. The van der Waals surface area contributed by atoms with Crippen LogP contribution < -0.4 is 0 Å². The summed E-state index contributed by atoms with van der Waals surface area (Å²) < 4.78 is 12.4. The Morgan fingerprint density at radius 1 is 1.31 bits per heavy atom. The van der Waals surface area contributed by atoms with Crippen molar-refractivity contribution in [3.63, 3.8) is 0 Å². The fourth-order valence-corrected chi connectivity index (χ4v) is 3.96. The molecule has 74 valence electrons. The zero-order valence-corrected chi connectivity index (χ0v) is 9.53. The Morgan fingerprint density at radius 2 is 2.00 bits per heavy atom. The van der Waals surface area contributed by atoms with Crippen LogP contribution in [0, 0.1) is 0 Å². The lowest BCUT2D eigenvalue weighted by molar-refractivity contribution is -0.930. The van der Waals surface area contributed by atoms with E-state index in [1.54, 1.807) is 0 Å². The minimum atomic E-state index is 0.263. The van der Waals surface area contributed by atoms with Gasteiger partial charge in [-0.05, 0) is 0 Å². The highest BCUT2D eigenvalue weighted by Crippen LogP contribution is 2.49. The van der Waals surface area contributed by atoms with E-state index < -0.39 is 0 Å². The Morgan fingerprint density at radius 3 is 2.62 bits per heavy atom. The van der Waals surface area contributed by atoms with Gasteiger partial charge in [-0.25, -0.2) is 0 Å². The van der Waals surface area contributed by atoms with Gasteiger partial charge in [0.2, 0.25) is 0 Å². The number of nitrogens with zero attached hydrogens (tertiary/aromatic N) is 1.